The van der Waals surface area contributed by atoms with Crippen molar-refractivity contribution < 1.29 is 9.59 Å². The summed E-state index contributed by atoms with van der Waals surface area (Å²) in [5.74, 6) is -0.320. The van der Waals surface area contributed by atoms with E-state index in [1.54, 1.807) is 4.90 Å². The summed E-state index contributed by atoms with van der Waals surface area (Å²) in [7, 11) is 0. The highest BCUT2D eigenvalue weighted by molar-refractivity contribution is 6.01. The molecule has 2 aromatic rings. The minimum Gasteiger partial charge on any atom is -0.344 e. The molecule has 0 saturated carbocycles. The Morgan fingerprint density at radius 3 is 2.38 bits per heavy atom. The first-order chi connectivity index (χ1) is 11.7. The second-order valence-corrected chi connectivity index (χ2v) is 6.05. The molecular formula is C20H22N2O2. The highest BCUT2D eigenvalue weighted by Gasteiger charge is 2.34. The molecule has 0 aromatic heterocycles. The number of benzene rings is 2. The summed E-state index contributed by atoms with van der Waals surface area (Å²) in [5.41, 5.74) is 1.87. The fourth-order valence-electron chi connectivity index (χ4n) is 3.21. The molecule has 0 unspecified atom stereocenters. The Morgan fingerprint density at radius 1 is 1.12 bits per heavy atom. The normalized spacial score (nSPS) is 18.5. The quantitative estimate of drug-likeness (QED) is 0.919. The van der Waals surface area contributed by atoms with E-state index in [4.69, 9.17) is 0 Å². The van der Waals surface area contributed by atoms with E-state index < -0.39 is 6.04 Å². The van der Waals surface area contributed by atoms with Gasteiger partial charge in [0.15, 0.2) is 0 Å². The van der Waals surface area contributed by atoms with Crippen molar-refractivity contribution >= 4 is 17.5 Å². The van der Waals surface area contributed by atoms with E-state index in [9.17, 15) is 9.59 Å². The van der Waals surface area contributed by atoms with Crippen molar-refractivity contribution in [3.05, 3.63) is 66.2 Å². The van der Waals surface area contributed by atoms with Gasteiger partial charge >= 0.3 is 0 Å². The molecule has 24 heavy (non-hydrogen) atoms. The maximum absolute atomic E-state index is 12.6. The fourth-order valence-corrected chi connectivity index (χ4v) is 3.21. The Labute approximate surface area is 142 Å². The molecule has 1 saturated heterocycles. The van der Waals surface area contributed by atoms with E-state index in [0.717, 1.165) is 11.3 Å². The molecule has 4 nitrogen and oxygen atoms in total. The second-order valence-electron chi connectivity index (χ2n) is 6.05. The predicted molar refractivity (Wildman–Crippen MR) is 94.8 cm³/mol. The summed E-state index contributed by atoms with van der Waals surface area (Å²) in [6.45, 7) is 2.62. The highest BCUT2D eigenvalue weighted by Crippen LogP contribution is 2.23. The number of nitrogens with zero attached hydrogens (tertiary/aromatic N) is 1. The lowest BCUT2D eigenvalue weighted by atomic mass is 9.95. The fraction of sp³-hybridized carbons (Fsp3) is 0.300. The largest absolute Gasteiger partial charge is 0.344 e. The van der Waals surface area contributed by atoms with Crippen LogP contribution in [0, 0.1) is 0 Å². The molecular weight excluding hydrogens is 300 g/mol. The van der Waals surface area contributed by atoms with Gasteiger partial charge in [0.05, 0.1) is 5.92 Å². The van der Waals surface area contributed by atoms with Gasteiger partial charge in [0.25, 0.3) is 0 Å². The van der Waals surface area contributed by atoms with Gasteiger partial charge in [0, 0.05) is 12.2 Å². The van der Waals surface area contributed by atoms with Crippen LogP contribution < -0.4 is 10.2 Å². The van der Waals surface area contributed by atoms with Gasteiger partial charge in [0.1, 0.15) is 6.04 Å². The van der Waals surface area contributed by atoms with Crippen molar-refractivity contribution in [3.8, 4) is 0 Å². The van der Waals surface area contributed by atoms with E-state index in [0.29, 0.717) is 19.4 Å². The van der Waals surface area contributed by atoms with Gasteiger partial charge in [-0.3, -0.25) is 9.59 Å². The molecule has 3 rings (SSSR count). The van der Waals surface area contributed by atoms with Crippen molar-refractivity contribution in [1.82, 2.24) is 5.32 Å². The summed E-state index contributed by atoms with van der Waals surface area (Å²) < 4.78 is 0. The number of hydrogen-bond donors (Lipinski definition) is 1. The smallest absolute Gasteiger partial charge is 0.249 e. The Balaban J connectivity index is 1.68. The zero-order valence-corrected chi connectivity index (χ0v) is 13.8. The Kier molecular flexibility index (Phi) is 4.94. The SMILES string of the molecule is CC[C@H](C(=O)N[C@H]1CCN(c2ccccc2)C1=O)c1ccccc1. The van der Waals surface area contributed by atoms with E-state index >= 15 is 0 Å². The minimum absolute atomic E-state index is 0.0301. The molecule has 1 N–H and O–H groups in total. The second kappa shape index (κ2) is 7.30. The van der Waals surface area contributed by atoms with Crippen LogP contribution in [0.4, 0.5) is 5.69 Å². The summed E-state index contributed by atoms with van der Waals surface area (Å²) in [6, 6.07) is 18.9. The van der Waals surface area contributed by atoms with Crippen LogP contribution in [0.2, 0.25) is 0 Å². The van der Waals surface area contributed by atoms with Gasteiger partial charge < -0.3 is 10.2 Å². The number of nitrogens with one attached hydrogen (secondary N) is 1. The van der Waals surface area contributed by atoms with Crippen LogP contribution in [-0.2, 0) is 9.59 Å². The summed E-state index contributed by atoms with van der Waals surface area (Å²) in [5, 5.41) is 2.95. The monoisotopic (exact) mass is 322 g/mol. The van der Waals surface area contributed by atoms with E-state index in [-0.39, 0.29) is 17.7 Å². The zero-order chi connectivity index (χ0) is 16.9. The molecule has 2 atom stereocenters. The highest BCUT2D eigenvalue weighted by atomic mass is 16.2. The standard InChI is InChI=1S/C20H22N2O2/c1-2-17(15-9-5-3-6-10-15)19(23)21-18-13-14-22(20(18)24)16-11-7-4-8-12-16/h3-12,17-18H,2,13-14H2,1H3,(H,21,23)/t17-,18-/m0/s1. The average molecular weight is 322 g/mol. The minimum atomic E-state index is -0.435. The number of rotatable bonds is 5. The number of para-hydroxylation sites is 1. The number of amides is 2. The van der Waals surface area contributed by atoms with Gasteiger partial charge in [-0.1, -0.05) is 55.5 Å². The van der Waals surface area contributed by atoms with Crippen molar-refractivity contribution in [2.24, 2.45) is 0 Å². The molecule has 2 amide bonds. The third-order valence-corrected chi connectivity index (χ3v) is 4.52. The topological polar surface area (TPSA) is 49.4 Å². The lowest BCUT2D eigenvalue weighted by molar-refractivity contribution is -0.127. The maximum atomic E-state index is 12.6. The molecule has 124 valence electrons. The van der Waals surface area contributed by atoms with Gasteiger partial charge in [-0.05, 0) is 30.5 Å². The van der Waals surface area contributed by atoms with E-state index in [2.05, 4.69) is 5.32 Å². The van der Waals surface area contributed by atoms with Crippen LogP contribution in [0.5, 0.6) is 0 Å². The van der Waals surface area contributed by atoms with E-state index in [1.165, 1.54) is 0 Å². The zero-order valence-electron chi connectivity index (χ0n) is 13.8. The molecule has 2 aromatic carbocycles. The first-order valence-electron chi connectivity index (χ1n) is 8.42. The lowest BCUT2D eigenvalue weighted by Crippen LogP contribution is -2.43. The van der Waals surface area contributed by atoms with Crippen molar-refractivity contribution in [2.45, 2.75) is 31.7 Å². The molecule has 1 heterocycles. The summed E-state index contributed by atoms with van der Waals surface area (Å²) in [4.78, 5) is 27.0. The summed E-state index contributed by atoms with van der Waals surface area (Å²) in [6.07, 6.45) is 1.35. The molecule has 1 aliphatic heterocycles. The predicted octanol–water partition coefficient (Wildman–Crippen LogP) is 3.10. The van der Waals surface area contributed by atoms with Crippen molar-refractivity contribution in [3.63, 3.8) is 0 Å². The van der Waals surface area contributed by atoms with Crippen LogP contribution in [0.25, 0.3) is 0 Å². The molecule has 0 aliphatic carbocycles. The van der Waals surface area contributed by atoms with Crippen molar-refractivity contribution in [1.29, 1.82) is 0 Å². The molecule has 0 spiro atoms. The van der Waals surface area contributed by atoms with E-state index in [1.807, 2.05) is 67.6 Å². The van der Waals surface area contributed by atoms with Gasteiger partial charge in [-0.2, -0.15) is 0 Å². The Morgan fingerprint density at radius 2 is 1.75 bits per heavy atom. The van der Waals surface area contributed by atoms with Crippen LogP contribution in [0.15, 0.2) is 60.7 Å². The van der Waals surface area contributed by atoms with Crippen LogP contribution in [-0.4, -0.2) is 24.4 Å². The van der Waals surface area contributed by atoms with Crippen LogP contribution in [0.3, 0.4) is 0 Å². The Bertz CT molecular complexity index is 700. The number of anilines is 1. The first kappa shape index (κ1) is 16.2. The summed E-state index contributed by atoms with van der Waals surface area (Å²) >= 11 is 0. The van der Waals surface area contributed by atoms with Gasteiger partial charge in [0.2, 0.25) is 11.8 Å². The van der Waals surface area contributed by atoms with Crippen molar-refractivity contribution in [2.75, 3.05) is 11.4 Å². The number of hydrogen-bond acceptors (Lipinski definition) is 2. The van der Waals surface area contributed by atoms with Crippen LogP contribution >= 0.6 is 0 Å². The molecule has 4 heteroatoms. The number of carbonyl (C=O) groups excluding carboxylic acids is 2. The third-order valence-electron chi connectivity index (χ3n) is 4.52. The third kappa shape index (κ3) is 3.32. The van der Waals surface area contributed by atoms with Crippen LogP contribution in [0.1, 0.15) is 31.2 Å². The van der Waals surface area contributed by atoms with Gasteiger partial charge in [-0.25, -0.2) is 0 Å². The molecule has 0 bridgehead atoms. The number of carbonyl (C=O) groups is 2. The Hall–Kier alpha value is -2.62. The maximum Gasteiger partial charge on any atom is 0.249 e. The first-order valence-corrected chi connectivity index (χ1v) is 8.42. The molecule has 1 aliphatic rings. The average Bonchev–Trinajstić information content (AvgIpc) is 2.98. The molecule has 1 fully saturated rings. The van der Waals surface area contributed by atoms with Gasteiger partial charge in [-0.15, -0.1) is 0 Å². The molecule has 0 radical (unpaired) electrons. The lowest BCUT2D eigenvalue weighted by Gasteiger charge is -2.20.